The Morgan fingerprint density at radius 1 is 0.737 bits per heavy atom. The average molecular weight is 256 g/mol. The lowest BCUT2D eigenvalue weighted by molar-refractivity contribution is 0.414. The molecule has 2 heteroatoms. The van der Waals surface area contributed by atoms with Crippen LogP contribution in [0.5, 0.6) is 11.5 Å². The fourth-order valence-corrected chi connectivity index (χ4v) is 2.15. The molecule has 2 aromatic carbocycles. The van der Waals surface area contributed by atoms with Crippen molar-refractivity contribution in [1.82, 2.24) is 0 Å². The first-order valence-electron chi connectivity index (χ1n) is 6.57. The quantitative estimate of drug-likeness (QED) is 0.781. The highest BCUT2D eigenvalue weighted by Crippen LogP contribution is 2.17. The van der Waals surface area contributed by atoms with Crippen molar-refractivity contribution in [2.45, 2.75) is 19.3 Å². The summed E-state index contributed by atoms with van der Waals surface area (Å²) in [5.41, 5.74) is 2.64. The minimum atomic E-state index is 0.930. The molecule has 0 aliphatic heterocycles. The van der Waals surface area contributed by atoms with Crippen molar-refractivity contribution in [3.63, 3.8) is 0 Å². The number of aryl methyl sites for hydroxylation is 2. The van der Waals surface area contributed by atoms with E-state index in [1.165, 1.54) is 11.1 Å². The maximum Gasteiger partial charge on any atom is 0.119 e. The average Bonchev–Trinajstić information content (AvgIpc) is 2.48. The molecule has 2 nitrogen and oxygen atoms in total. The second kappa shape index (κ2) is 6.83. The number of rotatable bonds is 6. The second-order valence-corrected chi connectivity index (χ2v) is 4.56. The Morgan fingerprint density at radius 2 is 1.21 bits per heavy atom. The Morgan fingerprint density at radius 3 is 1.63 bits per heavy atom. The maximum absolute atomic E-state index is 5.23. The van der Waals surface area contributed by atoms with E-state index in [0.29, 0.717) is 0 Å². The van der Waals surface area contributed by atoms with Crippen LogP contribution in [-0.2, 0) is 12.8 Å². The van der Waals surface area contributed by atoms with Gasteiger partial charge in [0.1, 0.15) is 11.5 Å². The van der Waals surface area contributed by atoms with Crippen LogP contribution in [0.3, 0.4) is 0 Å². The van der Waals surface area contributed by atoms with Gasteiger partial charge in [0.05, 0.1) is 14.2 Å². The standard InChI is InChI=1S/C17H20O2/c1-18-16-10-4-8-14(12-16)6-3-7-15-9-5-11-17(13-15)19-2/h4-5,8-13H,3,6-7H2,1-2H3. The zero-order valence-corrected chi connectivity index (χ0v) is 11.6. The van der Waals surface area contributed by atoms with Crippen molar-refractivity contribution in [3.05, 3.63) is 59.7 Å². The van der Waals surface area contributed by atoms with Crippen molar-refractivity contribution in [2.75, 3.05) is 14.2 Å². The van der Waals surface area contributed by atoms with Gasteiger partial charge in [-0.1, -0.05) is 24.3 Å². The third kappa shape index (κ3) is 4.02. The summed E-state index contributed by atoms with van der Waals surface area (Å²) >= 11 is 0. The first-order valence-corrected chi connectivity index (χ1v) is 6.57. The Bertz CT molecular complexity index is 473. The third-order valence-electron chi connectivity index (χ3n) is 3.20. The summed E-state index contributed by atoms with van der Waals surface area (Å²) < 4.78 is 10.5. The van der Waals surface area contributed by atoms with E-state index in [9.17, 15) is 0 Å². The first-order chi connectivity index (χ1) is 9.31. The molecule has 100 valence electrons. The maximum atomic E-state index is 5.23. The van der Waals surface area contributed by atoms with Crippen molar-refractivity contribution in [3.8, 4) is 11.5 Å². The monoisotopic (exact) mass is 256 g/mol. The molecule has 19 heavy (non-hydrogen) atoms. The molecule has 0 saturated heterocycles. The van der Waals surface area contributed by atoms with E-state index >= 15 is 0 Å². The van der Waals surface area contributed by atoms with Crippen LogP contribution in [0.1, 0.15) is 17.5 Å². The van der Waals surface area contributed by atoms with Crippen LogP contribution in [0.15, 0.2) is 48.5 Å². The molecule has 0 atom stereocenters. The van der Waals surface area contributed by atoms with Gasteiger partial charge in [0.15, 0.2) is 0 Å². The van der Waals surface area contributed by atoms with E-state index in [4.69, 9.17) is 9.47 Å². The molecule has 0 N–H and O–H groups in total. The van der Waals surface area contributed by atoms with Crippen LogP contribution >= 0.6 is 0 Å². The fourth-order valence-electron chi connectivity index (χ4n) is 2.15. The van der Waals surface area contributed by atoms with Gasteiger partial charge < -0.3 is 9.47 Å². The SMILES string of the molecule is COc1cccc(CCCc2cccc(OC)c2)c1. The van der Waals surface area contributed by atoms with Gasteiger partial charge in [-0.2, -0.15) is 0 Å². The first kappa shape index (κ1) is 13.5. The summed E-state index contributed by atoms with van der Waals surface area (Å²) in [6, 6.07) is 16.5. The molecule has 0 amide bonds. The van der Waals surface area contributed by atoms with E-state index in [1.54, 1.807) is 14.2 Å². The van der Waals surface area contributed by atoms with Gasteiger partial charge in [0, 0.05) is 0 Å². The molecule has 0 spiro atoms. The Kier molecular flexibility index (Phi) is 4.85. The van der Waals surface area contributed by atoms with Gasteiger partial charge in [-0.3, -0.25) is 0 Å². The molecule has 0 bridgehead atoms. The van der Waals surface area contributed by atoms with Gasteiger partial charge in [-0.05, 0) is 54.7 Å². The van der Waals surface area contributed by atoms with Gasteiger partial charge in [0.2, 0.25) is 0 Å². The minimum absolute atomic E-state index is 0.930. The predicted octanol–water partition coefficient (Wildman–Crippen LogP) is 3.88. The number of ether oxygens (including phenoxy) is 2. The molecule has 0 heterocycles. The molecule has 0 aliphatic carbocycles. The predicted molar refractivity (Wildman–Crippen MR) is 78.0 cm³/mol. The molecular weight excluding hydrogens is 236 g/mol. The number of benzene rings is 2. The van der Waals surface area contributed by atoms with E-state index in [2.05, 4.69) is 24.3 Å². The van der Waals surface area contributed by atoms with Crippen molar-refractivity contribution in [1.29, 1.82) is 0 Å². The summed E-state index contributed by atoms with van der Waals surface area (Å²) in [4.78, 5) is 0. The summed E-state index contributed by atoms with van der Waals surface area (Å²) in [5, 5.41) is 0. The molecule has 2 aromatic rings. The molecule has 0 unspecified atom stereocenters. The summed E-state index contributed by atoms with van der Waals surface area (Å²) in [5.74, 6) is 1.86. The number of hydrogen-bond acceptors (Lipinski definition) is 2. The van der Waals surface area contributed by atoms with Crippen molar-refractivity contribution in [2.24, 2.45) is 0 Å². The van der Waals surface area contributed by atoms with Gasteiger partial charge >= 0.3 is 0 Å². The van der Waals surface area contributed by atoms with Crippen LogP contribution in [0, 0.1) is 0 Å². The van der Waals surface area contributed by atoms with Crippen LogP contribution < -0.4 is 9.47 Å². The van der Waals surface area contributed by atoms with Gasteiger partial charge in [0.25, 0.3) is 0 Å². The zero-order chi connectivity index (χ0) is 13.5. The van der Waals surface area contributed by atoms with Crippen molar-refractivity contribution >= 4 is 0 Å². The number of methoxy groups -OCH3 is 2. The minimum Gasteiger partial charge on any atom is -0.497 e. The number of hydrogen-bond donors (Lipinski definition) is 0. The van der Waals surface area contributed by atoms with Crippen LogP contribution in [-0.4, -0.2) is 14.2 Å². The molecular formula is C17H20O2. The Labute approximate surface area is 115 Å². The molecule has 2 rings (SSSR count). The third-order valence-corrected chi connectivity index (χ3v) is 3.20. The lowest BCUT2D eigenvalue weighted by Crippen LogP contribution is -1.92. The Hall–Kier alpha value is -1.96. The molecule has 0 aliphatic rings. The highest BCUT2D eigenvalue weighted by Gasteiger charge is 1.99. The molecule has 0 aromatic heterocycles. The fraction of sp³-hybridized carbons (Fsp3) is 0.294. The van der Waals surface area contributed by atoms with Crippen LogP contribution in [0.25, 0.3) is 0 Å². The second-order valence-electron chi connectivity index (χ2n) is 4.56. The smallest absolute Gasteiger partial charge is 0.119 e. The highest BCUT2D eigenvalue weighted by atomic mass is 16.5. The van der Waals surface area contributed by atoms with Crippen LogP contribution in [0.2, 0.25) is 0 Å². The van der Waals surface area contributed by atoms with E-state index in [-0.39, 0.29) is 0 Å². The molecule has 0 saturated carbocycles. The normalized spacial score (nSPS) is 10.2. The van der Waals surface area contributed by atoms with E-state index in [0.717, 1.165) is 30.8 Å². The topological polar surface area (TPSA) is 18.5 Å². The lowest BCUT2D eigenvalue weighted by Gasteiger charge is -2.06. The van der Waals surface area contributed by atoms with E-state index < -0.39 is 0 Å². The van der Waals surface area contributed by atoms with Gasteiger partial charge in [-0.25, -0.2) is 0 Å². The molecule has 0 radical (unpaired) electrons. The molecule has 0 fully saturated rings. The zero-order valence-electron chi connectivity index (χ0n) is 11.6. The highest BCUT2D eigenvalue weighted by molar-refractivity contribution is 5.30. The summed E-state index contributed by atoms with van der Waals surface area (Å²) in [6.45, 7) is 0. The van der Waals surface area contributed by atoms with E-state index in [1.807, 2.05) is 24.3 Å². The van der Waals surface area contributed by atoms with Gasteiger partial charge in [-0.15, -0.1) is 0 Å². The lowest BCUT2D eigenvalue weighted by atomic mass is 10.0. The van der Waals surface area contributed by atoms with Crippen molar-refractivity contribution < 1.29 is 9.47 Å². The largest absolute Gasteiger partial charge is 0.497 e. The summed E-state index contributed by atoms with van der Waals surface area (Å²) in [7, 11) is 3.41. The Balaban J connectivity index is 1.88. The van der Waals surface area contributed by atoms with Crippen LogP contribution in [0.4, 0.5) is 0 Å². The summed E-state index contributed by atoms with van der Waals surface area (Å²) in [6.07, 6.45) is 3.25.